The third-order valence-corrected chi connectivity index (χ3v) is 3.28. The van der Waals surface area contributed by atoms with Gasteiger partial charge in [-0.3, -0.25) is 0 Å². The molecule has 2 heterocycles. The van der Waals surface area contributed by atoms with Crippen molar-refractivity contribution >= 4 is 16.8 Å². The number of nitrogens with zero attached hydrogens (tertiary/aromatic N) is 3. The molecule has 3 aromatic rings. The number of aromatic nitrogens is 2. The summed E-state index contributed by atoms with van der Waals surface area (Å²) in [6.45, 7) is 4.11. The molecule has 2 N–H and O–H groups in total. The second-order valence-electron chi connectivity index (χ2n) is 5.18. The maximum absolute atomic E-state index is 9.12. The van der Waals surface area contributed by atoms with Gasteiger partial charge in [0.05, 0.1) is 23.5 Å². The van der Waals surface area contributed by atoms with E-state index in [1.165, 1.54) is 0 Å². The summed E-state index contributed by atoms with van der Waals surface area (Å²) < 4.78 is 5.86. The topological polar surface area (TPSA) is 88.7 Å². The monoisotopic (exact) mass is 278 g/mol. The maximum atomic E-state index is 9.12. The van der Waals surface area contributed by atoms with Crippen molar-refractivity contribution in [3.63, 3.8) is 0 Å². The highest BCUT2D eigenvalue weighted by Crippen LogP contribution is 2.30. The van der Waals surface area contributed by atoms with Crippen LogP contribution in [-0.4, -0.2) is 9.97 Å². The number of hydrogen-bond donors (Lipinski definition) is 1. The molecule has 2 aromatic heterocycles. The minimum absolute atomic E-state index is 0.237. The van der Waals surface area contributed by atoms with Crippen LogP contribution in [0.1, 0.15) is 30.9 Å². The molecule has 0 fully saturated rings. The average molecular weight is 278 g/mol. The van der Waals surface area contributed by atoms with Crippen LogP contribution in [0.3, 0.4) is 0 Å². The van der Waals surface area contributed by atoms with Crippen LogP contribution < -0.4 is 5.73 Å². The first-order valence-electron chi connectivity index (χ1n) is 6.65. The van der Waals surface area contributed by atoms with Crippen LogP contribution in [0, 0.1) is 11.3 Å². The summed E-state index contributed by atoms with van der Waals surface area (Å²) in [6.07, 6.45) is 1.56. The van der Waals surface area contributed by atoms with Gasteiger partial charge in [-0.05, 0) is 30.2 Å². The van der Waals surface area contributed by atoms with Gasteiger partial charge in [-0.15, -0.1) is 0 Å². The van der Waals surface area contributed by atoms with Gasteiger partial charge in [0.2, 0.25) is 5.89 Å². The lowest BCUT2D eigenvalue weighted by Crippen LogP contribution is -1.89. The quantitative estimate of drug-likeness (QED) is 0.775. The summed E-state index contributed by atoms with van der Waals surface area (Å²) >= 11 is 0. The van der Waals surface area contributed by atoms with Crippen molar-refractivity contribution in [1.82, 2.24) is 9.97 Å². The largest absolute Gasteiger partial charge is 0.434 e. The molecule has 1 aromatic carbocycles. The van der Waals surface area contributed by atoms with Crippen molar-refractivity contribution in [2.75, 3.05) is 5.73 Å². The molecular weight excluding hydrogens is 264 g/mol. The van der Waals surface area contributed by atoms with E-state index in [1.54, 1.807) is 24.4 Å². The first kappa shape index (κ1) is 13.1. The third-order valence-electron chi connectivity index (χ3n) is 3.28. The minimum Gasteiger partial charge on any atom is -0.434 e. The summed E-state index contributed by atoms with van der Waals surface area (Å²) in [6, 6.07) is 9.25. The van der Waals surface area contributed by atoms with Crippen LogP contribution in [0.2, 0.25) is 0 Å². The number of pyridine rings is 1. The number of oxazole rings is 1. The van der Waals surface area contributed by atoms with Gasteiger partial charge in [0.1, 0.15) is 11.2 Å². The molecule has 5 heteroatoms. The zero-order valence-corrected chi connectivity index (χ0v) is 11.8. The van der Waals surface area contributed by atoms with E-state index in [0.29, 0.717) is 33.9 Å². The number of rotatable bonds is 2. The fraction of sp³-hybridized carbons (Fsp3) is 0.188. The maximum Gasteiger partial charge on any atom is 0.246 e. The first-order valence-corrected chi connectivity index (χ1v) is 6.65. The normalized spacial score (nSPS) is 11.0. The van der Waals surface area contributed by atoms with Crippen molar-refractivity contribution in [1.29, 1.82) is 5.26 Å². The van der Waals surface area contributed by atoms with Crippen molar-refractivity contribution < 1.29 is 4.42 Å². The molecule has 0 aliphatic heterocycles. The van der Waals surface area contributed by atoms with Gasteiger partial charge in [-0.2, -0.15) is 5.26 Å². The van der Waals surface area contributed by atoms with Crippen molar-refractivity contribution in [2.45, 2.75) is 19.8 Å². The number of hydrogen-bond acceptors (Lipinski definition) is 5. The van der Waals surface area contributed by atoms with E-state index in [9.17, 15) is 0 Å². The molecule has 0 spiro atoms. The van der Waals surface area contributed by atoms with Crippen LogP contribution in [-0.2, 0) is 0 Å². The Labute approximate surface area is 122 Å². The van der Waals surface area contributed by atoms with E-state index in [1.807, 2.05) is 6.07 Å². The van der Waals surface area contributed by atoms with Crippen LogP contribution in [0.15, 0.2) is 34.9 Å². The molecule has 0 radical (unpaired) electrons. The number of anilines is 1. The van der Waals surface area contributed by atoms with E-state index in [4.69, 9.17) is 15.4 Å². The van der Waals surface area contributed by atoms with Crippen molar-refractivity contribution in [3.8, 4) is 17.7 Å². The Balaban J connectivity index is 2.22. The lowest BCUT2D eigenvalue weighted by molar-refractivity contribution is 0.609. The average Bonchev–Trinajstić information content (AvgIpc) is 2.90. The predicted octanol–water partition coefficient (Wildman–Crippen LogP) is 3.47. The van der Waals surface area contributed by atoms with Gasteiger partial charge in [0.15, 0.2) is 5.58 Å². The van der Waals surface area contributed by atoms with Crippen LogP contribution in [0.4, 0.5) is 5.69 Å². The van der Waals surface area contributed by atoms with Crippen molar-refractivity contribution in [2.24, 2.45) is 0 Å². The summed E-state index contributed by atoms with van der Waals surface area (Å²) in [7, 11) is 0. The Bertz CT molecular complexity index is 841. The van der Waals surface area contributed by atoms with E-state index in [2.05, 4.69) is 29.9 Å². The lowest BCUT2D eigenvalue weighted by atomic mass is 10.00. The summed E-state index contributed by atoms with van der Waals surface area (Å²) in [4.78, 5) is 8.66. The number of nitrogens with two attached hydrogens (primary N) is 1. The molecule has 0 bridgehead atoms. The fourth-order valence-electron chi connectivity index (χ4n) is 2.19. The van der Waals surface area contributed by atoms with Gasteiger partial charge >= 0.3 is 0 Å². The highest BCUT2D eigenvalue weighted by atomic mass is 16.3. The highest BCUT2D eigenvalue weighted by molar-refractivity contribution is 5.81. The third kappa shape index (κ3) is 2.32. The summed E-state index contributed by atoms with van der Waals surface area (Å²) in [5.41, 5.74) is 9.77. The molecule has 0 saturated heterocycles. The molecular formula is C16H14N4O. The molecule has 0 amide bonds. The zero-order valence-electron chi connectivity index (χ0n) is 11.8. The first-order chi connectivity index (χ1) is 10.1. The van der Waals surface area contributed by atoms with Gasteiger partial charge in [0, 0.05) is 5.56 Å². The molecule has 0 aliphatic carbocycles. The van der Waals surface area contributed by atoms with E-state index in [0.717, 1.165) is 5.56 Å². The zero-order chi connectivity index (χ0) is 15.0. The molecule has 5 nitrogen and oxygen atoms in total. The van der Waals surface area contributed by atoms with Gasteiger partial charge in [-0.25, -0.2) is 9.97 Å². The van der Waals surface area contributed by atoms with Crippen molar-refractivity contribution in [3.05, 3.63) is 41.6 Å². The van der Waals surface area contributed by atoms with Crippen LogP contribution >= 0.6 is 0 Å². The number of nitrogen functional groups attached to an aromatic ring is 1. The second kappa shape index (κ2) is 4.91. The molecule has 0 saturated carbocycles. The SMILES string of the molecule is CC(C)c1cc(C#N)cc2nc(-c3ccc(N)cn3)oc12. The van der Waals surface area contributed by atoms with Crippen LogP contribution in [0.5, 0.6) is 0 Å². The molecule has 3 rings (SSSR count). The van der Waals surface area contributed by atoms with E-state index >= 15 is 0 Å². The number of fused-ring (bicyclic) bond motifs is 1. The molecule has 21 heavy (non-hydrogen) atoms. The van der Waals surface area contributed by atoms with E-state index < -0.39 is 0 Å². The standard InChI is InChI=1S/C16H14N4O/c1-9(2)12-5-10(7-17)6-14-15(12)21-16(20-14)13-4-3-11(18)8-19-13/h3-6,8-9H,18H2,1-2H3. The Morgan fingerprint density at radius 2 is 2.10 bits per heavy atom. The molecule has 0 atom stereocenters. The van der Waals surface area contributed by atoms with Gasteiger partial charge < -0.3 is 10.2 Å². The molecule has 0 unspecified atom stereocenters. The predicted molar refractivity (Wildman–Crippen MR) is 80.5 cm³/mol. The Kier molecular flexibility index (Phi) is 3.07. The lowest BCUT2D eigenvalue weighted by Gasteiger charge is -2.05. The fourth-order valence-corrected chi connectivity index (χ4v) is 2.19. The summed E-state index contributed by atoms with van der Waals surface area (Å²) in [5.74, 6) is 0.669. The molecule has 104 valence electrons. The summed E-state index contributed by atoms with van der Waals surface area (Å²) in [5, 5.41) is 9.12. The Morgan fingerprint density at radius 1 is 1.29 bits per heavy atom. The van der Waals surface area contributed by atoms with Gasteiger partial charge in [0.25, 0.3) is 0 Å². The Morgan fingerprint density at radius 3 is 2.71 bits per heavy atom. The highest BCUT2D eigenvalue weighted by Gasteiger charge is 2.16. The smallest absolute Gasteiger partial charge is 0.246 e. The second-order valence-corrected chi connectivity index (χ2v) is 5.18. The van der Waals surface area contributed by atoms with Crippen LogP contribution in [0.25, 0.3) is 22.7 Å². The minimum atomic E-state index is 0.237. The Hall–Kier alpha value is -2.87. The molecule has 0 aliphatic rings. The number of benzene rings is 1. The van der Waals surface area contributed by atoms with E-state index in [-0.39, 0.29) is 5.92 Å². The van der Waals surface area contributed by atoms with Gasteiger partial charge in [-0.1, -0.05) is 13.8 Å². The number of nitriles is 1.